The van der Waals surface area contributed by atoms with E-state index in [4.69, 9.17) is 21.1 Å². The quantitative estimate of drug-likeness (QED) is 0.209. The van der Waals surface area contributed by atoms with Crippen LogP contribution in [-0.4, -0.2) is 30.2 Å². The molecular formula is C30H28ClFN6O2. The Morgan fingerprint density at radius 1 is 1.05 bits per heavy atom. The zero-order chi connectivity index (χ0) is 27.9. The van der Waals surface area contributed by atoms with Crippen LogP contribution < -0.4 is 25.4 Å². The molecule has 0 radical (unpaired) electrons. The van der Waals surface area contributed by atoms with Crippen LogP contribution in [0.4, 0.5) is 27.5 Å². The first-order valence-electron chi connectivity index (χ1n) is 12.9. The number of hydrogen-bond donors (Lipinski definition) is 3. The Morgan fingerprint density at radius 3 is 2.65 bits per heavy atom. The number of hydrogen-bond acceptors (Lipinski definition) is 8. The molecule has 3 N–H and O–H groups in total. The van der Waals surface area contributed by atoms with Crippen LogP contribution in [-0.2, 0) is 6.61 Å². The van der Waals surface area contributed by atoms with Crippen molar-refractivity contribution in [3.8, 4) is 17.6 Å². The average Bonchev–Trinajstić information content (AvgIpc) is 2.99. The van der Waals surface area contributed by atoms with Crippen molar-refractivity contribution in [2.45, 2.75) is 25.4 Å². The van der Waals surface area contributed by atoms with E-state index in [2.05, 4.69) is 44.1 Å². The van der Waals surface area contributed by atoms with Crippen molar-refractivity contribution in [2.75, 3.05) is 30.8 Å². The smallest absolute Gasteiger partial charge is 0.229 e. The number of methoxy groups -OCH3 is 1. The lowest BCUT2D eigenvalue weighted by atomic mass is 9.90. The predicted octanol–water partition coefficient (Wildman–Crippen LogP) is 6.68. The summed E-state index contributed by atoms with van der Waals surface area (Å²) in [6.07, 6.45) is 3.65. The summed E-state index contributed by atoms with van der Waals surface area (Å²) in [5.41, 5.74) is 3.01. The molecule has 1 aliphatic rings. The lowest BCUT2D eigenvalue weighted by molar-refractivity contribution is 0.299. The van der Waals surface area contributed by atoms with Gasteiger partial charge < -0.3 is 25.4 Å². The van der Waals surface area contributed by atoms with Crippen molar-refractivity contribution in [1.82, 2.24) is 15.3 Å². The minimum Gasteiger partial charge on any atom is -0.495 e. The molecular weight excluding hydrogens is 531 g/mol. The Hall–Kier alpha value is -4.39. The molecule has 1 aromatic heterocycles. The van der Waals surface area contributed by atoms with E-state index in [1.54, 1.807) is 43.5 Å². The third-order valence-corrected chi connectivity index (χ3v) is 7.04. The summed E-state index contributed by atoms with van der Waals surface area (Å²) in [4.78, 5) is 8.84. The van der Waals surface area contributed by atoms with E-state index in [0.717, 1.165) is 31.6 Å². The number of aromatic nitrogens is 2. The molecule has 8 nitrogen and oxygen atoms in total. The number of nitrogens with zero attached hydrogens (tertiary/aromatic N) is 3. The van der Waals surface area contributed by atoms with Gasteiger partial charge in [0.2, 0.25) is 5.95 Å². The normalized spacial score (nSPS) is 13.3. The second-order valence-corrected chi connectivity index (χ2v) is 9.70. The molecule has 0 aliphatic carbocycles. The molecule has 0 bridgehead atoms. The highest BCUT2D eigenvalue weighted by atomic mass is 35.5. The molecule has 5 rings (SSSR count). The maximum atomic E-state index is 14.0. The monoisotopic (exact) mass is 558 g/mol. The highest BCUT2D eigenvalue weighted by Crippen LogP contribution is 2.35. The summed E-state index contributed by atoms with van der Waals surface area (Å²) < 4.78 is 25.5. The van der Waals surface area contributed by atoms with Crippen LogP contribution in [0.15, 0.2) is 66.9 Å². The van der Waals surface area contributed by atoms with E-state index in [1.165, 1.54) is 17.8 Å². The number of anilines is 4. The van der Waals surface area contributed by atoms with Crippen molar-refractivity contribution < 1.29 is 13.9 Å². The molecule has 204 valence electrons. The maximum Gasteiger partial charge on any atom is 0.229 e. The summed E-state index contributed by atoms with van der Waals surface area (Å²) in [7, 11) is 1.63. The first-order valence-corrected chi connectivity index (χ1v) is 13.3. The fraction of sp³-hybridized carbons (Fsp3) is 0.233. The lowest BCUT2D eigenvalue weighted by Gasteiger charge is -2.24. The zero-order valence-corrected chi connectivity index (χ0v) is 22.6. The average molecular weight is 559 g/mol. The van der Waals surface area contributed by atoms with Crippen molar-refractivity contribution in [2.24, 2.45) is 0 Å². The number of rotatable bonds is 9. The Balaban J connectivity index is 1.35. The topological polar surface area (TPSA) is 104 Å². The van der Waals surface area contributed by atoms with E-state index < -0.39 is 0 Å². The molecule has 4 aromatic rings. The van der Waals surface area contributed by atoms with Crippen LogP contribution >= 0.6 is 11.6 Å². The van der Waals surface area contributed by atoms with E-state index in [0.29, 0.717) is 40.4 Å². The largest absolute Gasteiger partial charge is 0.495 e. The minimum atomic E-state index is -0.374. The molecule has 0 atom stereocenters. The number of nitriles is 1. The third kappa shape index (κ3) is 6.25. The van der Waals surface area contributed by atoms with Gasteiger partial charge in [-0.2, -0.15) is 10.2 Å². The number of piperidine rings is 1. The SMILES string of the molecule is COc1cc(C2CCNCC2)ccc1Nc1ncc(Cl)c(Nc2cccc(OCc3ccccc3F)c2C#N)n1. The molecule has 0 amide bonds. The van der Waals surface area contributed by atoms with E-state index in [-0.39, 0.29) is 23.0 Å². The van der Waals surface area contributed by atoms with Gasteiger partial charge in [0.15, 0.2) is 5.82 Å². The minimum absolute atomic E-state index is 0.0224. The number of halogens is 2. The molecule has 2 heterocycles. The van der Waals surface area contributed by atoms with Gasteiger partial charge in [0, 0.05) is 5.56 Å². The molecule has 10 heteroatoms. The van der Waals surface area contributed by atoms with Crippen molar-refractivity contribution >= 4 is 34.7 Å². The van der Waals surface area contributed by atoms with Gasteiger partial charge in [0.05, 0.1) is 24.7 Å². The summed E-state index contributed by atoms with van der Waals surface area (Å²) in [5.74, 6) is 1.71. The summed E-state index contributed by atoms with van der Waals surface area (Å²) in [5, 5.41) is 19.9. The van der Waals surface area contributed by atoms with Crippen LogP contribution in [0.1, 0.15) is 35.4 Å². The number of benzene rings is 3. The number of ether oxygens (including phenoxy) is 2. The fourth-order valence-electron chi connectivity index (χ4n) is 4.63. The van der Waals surface area contributed by atoms with Gasteiger partial charge in [-0.3, -0.25) is 0 Å². The molecule has 0 spiro atoms. The van der Waals surface area contributed by atoms with E-state index >= 15 is 0 Å². The Bertz CT molecular complexity index is 1540. The summed E-state index contributed by atoms with van der Waals surface area (Å²) in [6, 6.07) is 19.7. The molecule has 0 saturated carbocycles. The second kappa shape index (κ2) is 12.6. The van der Waals surface area contributed by atoms with Gasteiger partial charge in [-0.1, -0.05) is 41.9 Å². The first kappa shape index (κ1) is 27.2. The van der Waals surface area contributed by atoms with Crippen molar-refractivity contribution in [3.05, 3.63) is 94.4 Å². The Morgan fingerprint density at radius 2 is 1.88 bits per heavy atom. The fourth-order valence-corrected chi connectivity index (χ4v) is 4.76. The molecule has 0 unspecified atom stereocenters. The zero-order valence-electron chi connectivity index (χ0n) is 21.9. The lowest BCUT2D eigenvalue weighted by Crippen LogP contribution is -2.26. The first-order chi connectivity index (χ1) is 19.6. The molecule has 40 heavy (non-hydrogen) atoms. The predicted molar refractivity (Wildman–Crippen MR) is 153 cm³/mol. The second-order valence-electron chi connectivity index (χ2n) is 9.29. The summed E-state index contributed by atoms with van der Waals surface area (Å²) >= 11 is 6.41. The molecule has 3 aromatic carbocycles. The van der Waals surface area contributed by atoms with Crippen LogP contribution in [0, 0.1) is 17.1 Å². The van der Waals surface area contributed by atoms with E-state index in [9.17, 15) is 9.65 Å². The molecule has 1 aliphatic heterocycles. The van der Waals surface area contributed by atoms with Crippen LogP contribution in [0.2, 0.25) is 5.02 Å². The molecule has 1 fully saturated rings. The van der Waals surface area contributed by atoms with Crippen molar-refractivity contribution in [3.63, 3.8) is 0 Å². The van der Waals surface area contributed by atoms with Crippen LogP contribution in [0.5, 0.6) is 11.5 Å². The highest BCUT2D eigenvalue weighted by Gasteiger charge is 2.18. The maximum absolute atomic E-state index is 14.0. The van der Waals surface area contributed by atoms with Gasteiger partial charge in [0.25, 0.3) is 0 Å². The van der Waals surface area contributed by atoms with Crippen molar-refractivity contribution in [1.29, 1.82) is 5.26 Å². The molecule has 1 saturated heterocycles. The van der Waals surface area contributed by atoms with Gasteiger partial charge in [-0.15, -0.1) is 0 Å². The summed E-state index contributed by atoms with van der Waals surface area (Å²) in [6.45, 7) is 2.00. The van der Waals surface area contributed by atoms with Crippen LogP contribution in [0.25, 0.3) is 0 Å². The third-order valence-electron chi connectivity index (χ3n) is 6.76. The number of nitrogens with one attached hydrogen (secondary N) is 3. The highest BCUT2D eigenvalue weighted by molar-refractivity contribution is 6.33. The van der Waals surface area contributed by atoms with Gasteiger partial charge >= 0.3 is 0 Å². The van der Waals surface area contributed by atoms with Gasteiger partial charge in [0.1, 0.15) is 40.6 Å². The van der Waals surface area contributed by atoms with Crippen LogP contribution in [0.3, 0.4) is 0 Å². The van der Waals surface area contributed by atoms with Gasteiger partial charge in [-0.05, 0) is 67.7 Å². The van der Waals surface area contributed by atoms with Gasteiger partial charge in [-0.25, -0.2) is 9.37 Å². The van der Waals surface area contributed by atoms with E-state index in [1.807, 2.05) is 6.07 Å². The Labute approximate surface area is 237 Å². The Kier molecular flexibility index (Phi) is 8.59. The standard InChI is InChI=1S/C30H28ClFN6O2/c1-39-28-15-20(19-11-13-34-14-12-19)9-10-26(28)37-30-35-17-23(31)29(38-30)36-25-7-4-8-27(22(25)16-33)40-18-21-5-2-3-6-24(21)32/h2-10,15,17,19,34H,11-14,18H2,1H3,(H2,35,36,37,38).